The van der Waals surface area contributed by atoms with Crippen molar-refractivity contribution in [2.45, 2.75) is 64.8 Å². The monoisotopic (exact) mass is 382 g/mol. The van der Waals surface area contributed by atoms with Crippen LogP contribution in [0.2, 0.25) is 0 Å². The Hall–Kier alpha value is -2.34. The van der Waals surface area contributed by atoms with Crippen molar-refractivity contribution in [1.29, 1.82) is 0 Å². The molecule has 0 saturated carbocycles. The number of piperidine rings is 1. The van der Waals surface area contributed by atoms with Crippen LogP contribution in [0.15, 0.2) is 30.5 Å². The van der Waals surface area contributed by atoms with Crippen LogP contribution in [-0.2, 0) is 17.9 Å². The van der Waals surface area contributed by atoms with E-state index in [0.29, 0.717) is 25.2 Å². The van der Waals surface area contributed by atoms with E-state index >= 15 is 0 Å². The fourth-order valence-corrected chi connectivity index (χ4v) is 4.50. The van der Waals surface area contributed by atoms with Gasteiger partial charge in [-0.25, -0.2) is 0 Å². The van der Waals surface area contributed by atoms with Crippen molar-refractivity contribution in [2.24, 2.45) is 0 Å². The molecular formula is C22H30N4O2. The van der Waals surface area contributed by atoms with Crippen LogP contribution in [0, 0.1) is 0 Å². The number of likely N-dealkylation sites (tertiary alicyclic amines) is 1. The van der Waals surface area contributed by atoms with Crippen molar-refractivity contribution in [3.05, 3.63) is 36.0 Å². The van der Waals surface area contributed by atoms with E-state index in [2.05, 4.69) is 29.2 Å². The predicted octanol–water partition coefficient (Wildman–Crippen LogP) is 3.21. The average molecular weight is 383 g/mol. The zero-order valence-corrected chi connectivity index (χ0v) is 16.9. The molecule has 4 rings (SSSR count). The van der Waals surface area contributed by atoms with Crippen LogP contribution in [0.25, 0.3) is 11.3 Å². The summed E-state index contributed by atoms with van der Waals surface area (Å²) in [5.74, 6) is 0.858. The van der Waals surface area contributed by atoms with E-state index < -0.39 is 0 Å². The van der Waals surface area contributed by atoms with Gasteiger partial charge in [-0.15, -0.1) is 0 Å². The van der Waals surface area contributed by atoms with Crippen molar-refractivity contribution >= 4 is 5.91 Å². The second-order valence-corrected chi connectivity index (χ2v) is 8.03. The number of hydrogen-bond donors (Lipinski definition) is 1. The Balaban J connectivity index is 1.30. The highest BCUT2D eigenvalue weighted by Crippen LogP contribution is 2.36. The molecule has 0 spiro atoms. The average Bonchev–Trinajstić information content (AvgIpc) is 3.10. The molecule has 0 bridgehead atoms. The van der Waals surface area contributed by atoms with Crippen LogP contribution in [-0.4, -0.2) is 45.8 Å². The summed E-state index contributed by atoms with van der Waals surface area (Å²) in [6.45, 7) is 7.12. The lowest BCUT2D eigenvalue weighted by Crippen LogP contribution is -2.44. The lowest BCUT2D eigenvalue weighted by atomic mass is 9.97. The number of rotatable bonds is 6. The molecular weight excluding hydrogens is 352 g/mol. The molecule has 6 nitrogen and oxygen atoms in total. The summed E-state index contributed by atoms with van der Waals surface area (Å²) in [4.78, 5) is 15.1. The molecule has 6 heteroatoms. The van der Waals surface area contributed by atoms with Crippen LogP contribution in [0.4, 0.5) is 0 Å². The number of amides is 1. The quantitative estimate of drug-likeness (QED) is 0.780. The zero-order chi connectivity index (χ0) is 19.5. The van der Waals surface area contributed by atoms with E-state index in [0.717, 1.165) is 35.5 Å². The van der Waals surface area contributed by atoms with Crippen LogP contribution >= 0.6 is 0 Å². The van der Waals surface area contributed by atoms with Gasteiger partial charge in [0.1, 0.15) is 18.9 Å². The Morgan fingerprint density at radius 3 is 2.86 bits per heavy atom. The molecule has 2 aromatic rings. The van der Waals surface area contributed by atoms with Gasteiger partial charge in [0.2, 0.25) is 5.91 Å². The molecule has 3 heterocycles. The number of ether oxygens (including phenoxy) is 1. The summed E-state index contributed by atoms with van der Waals surface area (Å²) in [6.07, 6.45) is 6.68. The minimum atomic E-state index is 0.00890. The summed E-state index contributed by atoms with van der Waals surface area (Å²) in [6, 6.07) is 9.22. The third kappa shape index (κ3) is 3.92. The van der Waals surface area contributed by atoms with Crippen LogP contribution in [0.3, 0.4) is 0 Å². The molecule has 2 aliphatic heterocycles. The first-order valence-electron chi connectivity index (χ1n) is 10.4. The lowest BCUT2D eigenvalue weighted by Gasteiger charge is -2.39. The third-order valence-corrected chi connectivity index (χ3v) is 6.03. The van der Waals surface area contributed by atoms with Crippen molar-refractivity contribution < 1.29 is 9.53 Å². The van der Waals surface area contributed by atoms with Gasteiger partial charge in [-0.3, -0.25) is 14.4 Å². The minimum absolute atomic E-state index is 0.00890. The lowest BCUT2D eigenvalue weighted by molar-refractivity contribution is -0.121. The Morgan fingerprint density at radius 1 is 1.25 bits per heavy atom. The molecule has 2 atom stereocenters. The van der Waals surface area contributed by atoms with E-state index in [1.165, 1.54) is 19.3 Å². The second-order valence-electron chi connectivity index (χ2n) is 8.03. The Kier molecular flexibility index (Phi) is 5.67. The summed E-state index contributed by atoms with van der Waals surface area (Å²) >= 11 is 0. The van der Waals surface area contributed by atoms with E-state index in [1.54, 1.807) is 10.9 Å². The van der Waals surface area contributed by atoms with Gasteiger partial charge >= 0.3 is 0 Å². The number of fused-ring (bicyclic) bond motifs is 3. The number of carbonyl (C=O) groups is 1. The van der Waals surface area contributed by atoms with Gasteiger partial charge in [0, 0.05) is 36.3 Å². The zero-order valence-electron chi connectivity index (χ0n) is 16.9. The molecule has 1 aromatic carbocycles. The number of nitrogens with one attached hydrogen (secondary N) is 1. The topological polar surface area (TPSA) is 59.4 Å². The van der Waals surface area contributed by atoms with Crippen molar-refractivity contribution in [2.75, 3.05) is 13.1 Å². The molecule has 1 aromatic heterocycles. The van der Waals surface area contributed by atoms with Gasteiger partial charge in [0.05, 0.1) is 11.9 Å². The molecule has 28 heavy (non-hydrogen) atoms. The van der Waals surface area contributed by atoms with Gasteiger partial charge < -0.3 is 10.1 Å². The summed E-state index contributed by atoms with van der Waals surface area (Å²) in [7, 11) is 0. The van der Waals surface area contributed by atoms with E-state index in [9.17, 15) is 4.79 Å². The fourth-order valence-electron chi connectivity index (χ4n) is 4.50. The van der Waals surface area contributed by atoms with Crippen LogP contribution < -0.4 is 10.1 Å². The maximum absolute atomic E-state index is 12.5. The number of hydrogen-bond acceptors (Lipinski definition) is 4. The predicted molar refractivity (Wildman–Crippen MR) is 109 cm³/mol. The highest BCUT2D eigenvalue weighted by atomic mass is 16.5. The highest BCUT2D eigenvalue weighted by molar-refractivity contribution is 5.78. The molecule has 1 amide bonds. The van der Waals surface area contributed by atoms with E-state index in [1.807, 2.05) is 24.3 Å². The van der Waals surface area contributed by atoms with Crippen molar-refractivity contribution in [3.63, 3.8) is 0 Å². The van der Waals surface area contributed by atoms with E-state index in [4.69, 9.17) is 4.74 Å². The number of nitrogens with zero attached hydrogens (tertiary/aromatic N) is 3. The number of benzene rings is 1. The Bertz CT molecular complexity index is 822. The molecule has 1 fully saturated rings. The first-order chi connectivity index (χ1) is 13.6. The molecule has 1 saturated heterocycles. The fraction of sp³-hybridized carbons (Fsp3) is 0.545. The molecule has 1 N–H and O–H groups in total. The van der Waals surface area contributed by atoms with Crippen molar-refractivity contribution in [1.82, 2.24) is 20.0 Å². The van der Waals surface area contributed by atoms with Gasteiger partial charge in [-0.05, 0) is 45.2 Å². The highest BCUT2D eigenvalue weighted by Gasteiger charge is 2.24. The first kappa shape index (κ1) is 19.0. The molecule has 0 unspecified atom stereocenters. The largest absolute Gasteiger partial charge is 0.488 e. The third-order valence-electron chi connectivity index (χ3n) is 6.03. The Morgan fingerprint density at radius 2 is 2.04 bits per heavy atom. The van der Waals surface area contributed by atoms with Crippen LogP contribution in [0.5, 0.6) is 5.75 Å². The molecule has 0 aliphatic carbocycles. The first-order valence-corrected chi connectivity index (χ1v) is 10.4. The van der Waals surface area contributed by atoms with Crippen LogP contribution in [0.1, 0.15) is 45.1 Å². The molecule has 2 aliphatic rings. The smallest absolute Gasteiger partial charge is 0.241 e. The number of para-hydroxylation sites is 1. The maximum atomic E-state index is 12.5. The van der Waals surface area contributed by atoms with Gasteiger partial charge in [0.15, 0.2) is 0 Å². The number of aromatic nitrogens is 2. The molecule has 150 valence electrons. The second kappa shape index (κ2) is 8.35. The van der Waals surface area contributed by atoms with Gasteiger partial charge in [0.25, 0.3) is 0 Å². The maximum Gasteiger partial charge on any atom is 0.241 e. The Labute approximate surface area is 166 Å². The van der Waals surface area contributed by atoms with Gasteiger partial charge in [-0.1, -0.05) is 18.6 Å². The SMILES string of the molecule is C[C@H]1CCC[C@H](C)N1CCCNC(=O)Cn1ncc2c1-c1ccccc1OC2. The minimum Gasteiger partial charge on any atom is -0.488 e. The molecule has 0 radical (unpaired) electrons. The van der Waals surface area contributed by atoms with E-state index in [-0.39, 0.29) is 12.5 Å². The number of carbonyl (C=O) groups excluding carboxylic acids is 1. The summed E-state index contributed by atoms with van der Waals surface area (Å²) in [5.41, 5.74) is 3.02. The van der Waals surface area contributed by atoms with Gasteiger partial charge in [-0.2, -0.15) is 5.10 Å². The standard InChI is InChI=1S/C22H30N4O2/c1-16-7-5-8-17(2)25(16)12-6-11-23-21(27)14-26-22-18(13-24-26)15-28-20-10-4-3-9-19(20)22/h3-4,9-10,13,16-17H,5-8,11-12,14-15H2,1-2H3,(H,23,27)/t16-,17-/m0/s1. The summed E-state index contributed by atoms with van der Waals surface area (Å²) in [5, 5.41) is 7.49. The summed E-state index contributed by atoms with van der Waals surface area (Å²) < 4.78 is 7.56. The normalized spacial score (nSPS) is 21.5. The van der Waals surface area contributed by atoms with Crippen molar-refractivity contribution in [3.8, 4) is 17.0 Å².